The molecule has 2 rings (SSSR count). The summed E-state index contributed by atoms with van der Waals surface area (Å²) in [5, 5.41) is 0. The largest absolute Gasteiger partial charge is 0.465 e. The monoisotopic (exact) mass is 1110 g/mol. The van der Waals surface area contributed by atoms with E-state index in [9.17, 15) is 33.6 Å². The molecule has 0 N–H and O–H groups in total. The number of ether oxygens (including phenoxy) is 7. The van der Waals surface area contributed by atoms with E-state index >= 15 is 0 Å². The molecule has 16 nitrogen and oxygen atoms in total. The fraction of sp³-hybridized carbons (Fsp3) is 0.887. The summed E-state index contributed by atoms with van der Waals surface area (Å²) in [5.41, 5.74) is 0. The van der Waals surface area contributed by atoms with E-state index < -0.39 is 42.0 Å². The topological polar surface area (TPSA) is 191 Å². The fourth-order valence-corrected chi connectivity index (χ4v) is 10.1. The second-order valence-corrected chi connectivity index (χ2v) is 22.5. The van der Waals surface area contributed by atoms with Gasteiger partial charge in [-0.25, -0.2) is 4.79 Å². The summed E-state index contributed by atoms with van der Waals surface area (Å²) in [5.74, 6) is -3.87. The maximum absolute atomic E-state index is 14.5. The lowest BCUT2D eigenvalue weighted by molar-refractivity contribution is -0.156. The zero-order valence-electron chi connectivity index (χ0n) is 49.8. The molecule has 3 atom stereocenters. The summed E-state index contributed by atoms with van der Waals surface area (Å²) in [6.45, 7) is 9.58. The molecule has 0 radical (unpaired) electrons. The minimum absolute atomic E-state index is 0.107. The molecule has 0 aromatic carbocycles. The van der Waals surface area contributed by atoms with Crippen LogP contribution in [0.1, 0.15) is 265 Å². The Morgan fingerprint density at radius 2 is 0.718 bits per heavy atom. The summed E-state index contributed by atoms with van der Waals surface area (Å²) >= 11 is 0. The summed E-state index contributed by atoms with van der Waals surface area (Å²) in [6, 6.07) is -1.20. The van der Waals surface area contributed by atoms with Crippen molar-refractivity contribution in [3.63, 3.8) is 0 Å². The second-order valence-electron chi connectivity index (χ2n) is 22.5. The van der Waals surface area contributed by atoms with Crippen molar-refractivity contribution in [2.24, 2.45) is 11.8 Å². The maximum atomic E-state index is 14.5. The van der Waals surface area contributed by atoms with Gasteiger partial charge in [-0.15, -0.1) is 0 Å². The Morgan fingerprint density at radius 3 is 1.06 bits per heavy atom. The van der Waals surface area contributed by atoms with E-state index in [-0.39, 0.29) is 108 Å². The number of nitrogens with zero attached hydrogens (tertiary/aromatic N) is 2. The molecule has 0 aromatic heterocycles. The minimum atomic E-state index is -0.633. The van der Waals surface area contributed by atoms with Crippen LogP contribution in [0.2, 0.25) is 0 Å². The molecule has 1 unspecified atom stereocenters. The zero-order valence-corrected chi connectivity index (χ0v) is 49.8. The third-order valence-corrected chi connectivity index (χ3v) is 15.1. The lowest BCUT2D eigenvalue weighted by Gasteiger charge is -2.36. The average molecular weight is 1110 g/mol. The van der Waals surface area contributed by atoms with Gasteiger partial charge in [-0.1, -0.05) is 169 Å². The van der Waals surface area contributed by atoms with Crippen LogP contribution in [0.4, 0.5) is 4.79 Å². The van der Waals surface area contributed by atoms with Crippen LogP contribution in [0.15, 0.2) is 0 Å². The van der Waals surface area contributed by atoms with Crippen LogP contribution >= 0.6 is 0 Å². The molecule has 0 aliphatic carbocycles. The normalized spacial score (nSPS) is 17.0. The molecule has 16 heteroatoms. The van der Waals surface area contributed by atoms with Crippen LogP contribution in [0, 0.1) is 11.8 Å². The highest BCUT2D eigenvalue weighted by Crippen LogP contribution is 2.27. The molecular formula is C62H110N2O14. The summed E-state index contributed by atoms with van der Waals surface area (Å²) in [7, 11) is 2.05. The lowest BCUT2D eigenvalue weighted by Crippen LogP contribution is -2.51. The third-order valence-electron chi connectivity index (χ3n) is 15.1. The fourth-order valence-electron chi connectivity index (χ4n) is 10.1. The molecule has 0 saturated carbocycles. The van der Waals surface area contributed by atoms with Gasteiger partial charge in [0.05, 0.1) is 51.4 Å². The Morgan fingerprint density at radius 1 is 0.385 bits per heavy atom. The van der Waals surface area contributed by atoms with Crippen LogP contribution in [0.25, 0.3) is 0 Å². The number of amides is 1. The second kappa shape index (κ2) is 46.8. The van der Waals surface area contributed by atoms with Crippen LogP contribution in [-0.4, -0.2) is 130 Å². The highest BCUT2D eigenvalue weighted by molar-refractivity contribution is 5.73. The first-order valence-electron chi connectivity index (χ1n) is 31.5. The summed E-state index contributed by atoms with van der Waals surface area (Å²) in [6.07, 6.45) is 29.1. The van der Waals surface area contributed by atoms with Gasteiger partial charge in [-0.05, 0) is 71.4 Å². The molecular weight excluding hydrogens is 997 g/mol. The Bertz CT molecular complexity index is 1450. The molecule has 452 valence electrons. The molecule has 0 bridgehead atoms. The number of likely N-dealkylation sites (tertiary alicyclic amines) is 2. The van der Waals surface area contributed by atoms with Gasteiger partial charge >= 0.3 is 41.9 Å². The number of rotatable bonds is 45. The van der Waals surface area contributed by atoms with Gasteiger partial charge in [0.25, 0.3) is 0 Å². The van der Waals surface area contributed by atoms with E-state index in [1.807, 2.05) is 7.05 Å². The quantitative estimate of drug-likeness (QED) is 0.0318. The predicted octanol–water partition coefficient (Wildman–Crippen LogP) is 13.5. The van der Waals surface area contributed by atoms with Gasteiger partial charge in [-0.2, -0.15) is 0 Å². The van der Waals surface area contributed by atoms with Crippen molar-refractivity contribution >= 4 is 41.9 Å². The average Bonchev–Trinajstić information content (AvgIpc) is 3.78. The van der Waals surface area contributed by atoms with E-state index in [2.05, 4.69) is 32.6 Å². The van der Waals surface area contributed by atoms with E-state index in [4.69, 9.17) is 33.2 Å². The zero-order chi connectivity index (χ0) is 56.9. The molecule has 2 aliphatic rings. The van der Waals surface area contributed by atoms with Gasteiger partial charge in [-0.3, -0.25) is 33.7 Å². The van der Waals surface area contributed by atoms with Crippen molar-refractivity contribution in [2.75, 3.05) is 59.8 Å². The molecule has 2 heterocycles. The van der Waals surface area contributed by atoms with Crippen LogP contribution < -0.4 is 0 Å². The van der Waals surface area contributed by atoms with E-state index in [0.29, 0.717) is 64.2 Å². The van der Waals surface area contributed by atoms with Gasteiger partial charge in [0.15, 0.2) is 0 Å². The number of carbonyl (C=O) groups excluding carboxylic acids is 7. The Labute approximate surface area is 471 Å². The van der Waals surface area contributed by atoms with Crippen molar-refractivity contribution in [2.45, 2.75) is 283 Å². The standard InChI is InChI=1S/C62H110N2O14/c1-6-10-14-18-22-26-36-56(65)72-45-51(46-73-57(66)37-27-23-19-15-11-7-2)43-60(69)76-49-53-33-30-31-34-54(64(53)62(71)78-55-35-32-41-63(5)42-40-55)50-77-61(70)44-52(47-74-58(67)38-28-24-20-16-12-8-3)48-75-59(68)39-29-25-21-17-13-9-4/h51-55H,6-50H2,1-5H3/t53-,54+,55?. The smallest absolute Gasteiger partial charge is 0.410 e. The van der Waals surface area contributed by atoms with E-state index in [1.165, 1.54) is 25.7 Å². The van der Waals surface area contributed by atoms with Gasteiger partial charge in [0.1, 0.15) is 19.3 Å². The van der Waals surface area contributed by atoms with Crippen molar-refractivity contribution < 1.29 is 66.7 Å². The van der Waals surface area contributed by atoms with Crippen LogP contribution in [-0.2, 0) is 61.9 Å². The van der Waals surface area contributed by atoms with Crippen molar-refractivity contribution in [3.05, 3.63) is 0 Å². The van der Waals surface area contributed by atoms with E-state index in [0.717, 1.165) is 122 Å². The minimum Gasteiger partial charge on any atom is -0.465 e. The van der Waals surface area contributed by atoms with Crippen LogP contribution in [0.3, 0.4) is 0 Å². The Kier molecular flexibility index (Phi) is 42.1. The number of unbranched alkanes of at least 4 members (excludes halogenated alkanes) is 20. The first kappa shape index (κ1) is 70.2. The first-order chi connectivity index (χ1) is 37.9. The summed E-state index contributed by atoms with van der Waals surface area (Å²) < 4.78 is 40.7. The maximum Gasteiger partial charge on any atom is 0.410 e. The number of hydrogen-bond acceptors (Lipinski definition) is 15. The lowest BCUT2D eigenvalue weighted by atomic mass is 10.1. The molecule has 0 spiro atoms. The van der Waals surface area contributed by atoms with Crippen molar-refractivity contribution in [3.8, 4) is 0 Å². The first-order valence-corrected chi connectivity index (χ1v) is 31.5. The number of carbonyl (C=O) groups is 7. The predicted molar refractivity (Wildman–Crippen MR) is 303 cm³/mol. The number of hydrogen-bond donors (Lipinski definition) is 0. The molecule has 2 saturated heterocycles. The molecule has 78 heavy (non-hydrogen) atoms. The van der Waals surface area contributed by atoms with Crippen molar-refractivity contribution in [1.29, 1.82) is 0 Å². The molecule has 0 aromatic rings. The number of esters is 6. The third kappa shape index (κ3) is 36.3. The highest BCUT2D eigenvalue weighted by Gasteiger charge is 2.37. The van der Waals surface area contributed by atoms with Gasteiger partial charge in [0, 0.05) is 44.1 Å². The van der Waals surface area contributed by atoms with E-state index in [1.54, 1.807) is 4.90 Å². The van der Waals surface area contributed by atoms with Gasteiger partial charge in [0.2, 0.25) is 0 Å². The molecule has 1 amide bonds. The SMILES string of the molecule is CCCCCCCCC(=O)OCC(COC(=O)CCCCCCCC)CC(=O)OC[C@H]1CCCC[C@@H](COC(=O)CC(COC(=O)CCCCCCCC)COC(=O)CCCCCCCC)N1C(=O)OC1CCCN(C)CC1. The Hall–Kier alpha value is -3.95. The molecule has 2 fully saturated rings. The van der Waals surface area contributed by atoms with Gasteiger partial charge < -0.3 is 38.1 Å². The van der Waals surface area contributed by atoms with Crippen molar-refractivity contribution in [1.82, 2.24) is 9.80 Å². The Balaban J connectivity index is 2.20. The van der Waals surface area contributed by atoms with Crippen LogP contribution in [0.5, 0.6) is 0 Å². The molecule has 2 aliphatic heterocycles. The summed E-state index contributed by atoms with van der Waals surface area (Å²) in [4.78, 5) is 97.0. The highest BCUT2D eigenvalue weighted by atomic mass is 16.6.